The van der Waals surface area contributed by atoms with Gasteiger partial charge in [0.05, 0.1) is 18.8 Å². The Balaban J connectivity index is 4.34. The molecule has 0 aliphatic carbocycles. The third-order valence-electron chi connectivity index (χ3n) is 1.78. The van der Waals surface area contributed by atoms with Crippen molar-refractivity contribution in [3.63, 3.8) is 0 Å². The molecule has 0 rings (SSSR count). The van der Waals surface area contributed by atoms with Crippen LogP contribution in [0.25, 0.3) is 0 Å². The van der Waals surface area contributed by atoms with Gasteiger partial charge in [0.2, 0.25) is 0 Å². The molecule has 0 saturated carbocycles. The Kier molecular flexibility index (Phi) is 6.32. The lowest BCUT2D eigenvalue weighted by atomic mass is 10.3. The van der Waals surface area contributed by atoms with Crippen LogP contribution in [-0.4, -0.2) is 40.9 Å². The molecule has 17 heavy (non-hydrogen) atoms. The average molecular weight is 276 g/mol. The van der Waals surface area contributed by atoms with E-state index in [1.54, 1.807) is 6.08 Å². The van der Waals surface area contributed by atoms with Gasteiger partial charge in [-0.2, -0.15) is 0 Å². The summed E-state index contributed by atoms with van der Waals surface area (Å²) in [6, 6.07) is 0. The molecule has 0 unspecified atom stereocenters. The molecule has 0 aromatic carbocycles. The minimum atomic E-state index is -1.68. The zero-order valence-electron chi connectivity index (χ0n) is 11.7. The van der Waals surface area contributed by atoms with Crippen molar-refractivity contribution in [3.05, 3.63) is 11.6 Å². The van der Waals surface area contributed by atoms with Gasteiger partial charge < -0.3 is 14.0 Å². The van der Waals surface area contributed by atoms with Gasteiger partial charge in [-0.05, 0) is 45.4 Å². The van der Waals surface area contributed by atoms with Crippen LogP contribution in [0.2, 0.25) is 39.3 Å². The number of carbonyl (C=O) groups is 1. The summed E-state index contributed by atoms with van der Waals surface area (Å²) >= 11 is 0. The molecule has 0 fully saturated rings. The van der Waals surface area contributed by atoms with E-state index in [2.05, 4.69) is 19.6 Å². The third-order valence-corrected chi connectivity index (χ3v) is 3.82. The first-order chi connectivity index (χ1) is 7.51. The molecule has 0 aromatic heterocycles. The second-order valence-electron chi connectivity index (χ2n) is 5.86. The van der Waals surface area contributed by atoms with Crippen LogP contribution in [-0.2, 0) is 13.6 Å². The van der Waals surface area contributed by atoms with Crippen LogP contribution in [0.5, 0.6) is 0 Å². The van der Waals surface area contributed by atoms with Crippen molar-refractivity contribution in [2.75, 3.05) is 13.2 Å². The van der Waals surface area contributed by atoms with Crippen LogP contribution in [0.3, 0.4) is 0 Å². The Hall–Kier alpha value is -0.436. The highest BCUT2D eigenvalue weighted by atomic mass is 28.4. The first-order valence-electron chi connectivity index (χ1n) is 5.71. The molecule has 0 spiro atoms. The summed E-state index contributed by atoms with van der Waals surface area (Å²) in [6.45, 7) is 12.8. The molecule has 0 aromatic rings. The van der Waals surface area contributed by atoms with E-state index in [4.69, 9.17) is 14.0 Å². The summed E-state index contributed by atoms with van der Waals surface area (Å²) in [5, 5.41) is 9.02. The van der Waals surface area contributed by atoms with E-state index in [1.165, 1.54) is 0 Å². The molecule has 1 N–H and O–H groups in total. The maximum atomic E-state index is 11.0. The number of aliphatic carboxylic acids is 1. The van der Waals surface area contributed by atoms with Gasteiger partial charge in [-0.15, -0.1) is 0 Å². The lowest BCUT2D eigenvalue weighted by Gasteiger charge is -2.18. The number of rotatable bonds is 7. The van der Waals surface area contributed by atoms with Gasteiger partial charge in [0.25, 0.3) is 0 Å². The molecule has 0 aliphatic heterocycles. The first kappa shape index (κ1) is 16.6. The van der Waals surface area contributed by atoms with Crippen molar-refractivity contribution < 1.29 is 18.8 Å². The fraction of sp³-hybridized carbons (Fsp3) is 0.727. The van der Waals surface area contributed by atoms with Gasteiger partial charge in [-0.25, -0.2) is 4.79 Å². The molecule has 0 atom stereocenters. The van der Waals surface area contributed by atoms with Gasteiger partial charge in [0.15, 0.2) is 16.6 Å². The number of carboxylic acids is 1. The van der Waals surface area contributed by atoms with Crippen LogP contribution >= 0.6 is 0 Å². The monoisotopic (exact) mass is 276 g/mol. The second kappa shape index (κ2) is 6.48. The van der Waals surface area contributed by atoms with Crippen LogP contribution in [0.4, 0.5) is 0 Å². The van der Waals surface area contributed by atoms with E-state index >= 15 is 0 Å². The lowest BCUT2D eigenvalue weighted by Crippen LogP contribution is -2.28. The molecule has 0 amide bonds. The van der Waals surface area contributed by atoms with Crippen molar-refractivity contribution >= 4 is 22.6 Å². The summed E-state index contributed by atoms with van der Waals surface area (Å²) in [5.74, 6) is -0.928. The van der Waals surface area contributed by atoms with Crippen LogP contribution in [0.15, 0.2) is 11.6 Å². The van der Waals surface area contributed by atoms with Crippen LogP contribution in [0.1, 0.15) is 0 Å². The largest absolute Gasteiger partial charge is 0.478 e. The standard InChI is InChI=1S/C11H24O4Si2/c1-16(2,3)14-8-7-10(11(12)13)9-15-17(4,5)6/h7H,8-9H2,1-6H3,(H,12,13). The minimum absolute atomic E-state index is 0.167. The van der Waals surface area contributed by atoms with Gasteiger partial charge >= 0.3 is 5.97 Å². The zero-order chi connectivity index (χ0) is 13.7. The predicted molar refractivity (Wildman–Crippen MR) is 74.3 cm³/mol. The van der Waals surface area contributed by atoms with E-state index in [-0.39, 0.29) is 12.2 Å². The van der Waals surface area contributed by atoms with Crippen molar-refractivity contribution in [2.24, 2.45) is 0 Å². The first-order valence-corrected chi connectivity index (χ1v) is 12.5. The molecule has 4 nitrogen and oxygen atoms in total. The Bertz CT molecular complexity index is 287. The maximum Gasteiger partial charge on any atom is 0.333 e. The highest BCUT2D eigenvalue weighted by Crippen LogP contribution is 2.08. The maximum absolute atomic E-state index is 11.0. The van der Waals surface area contributed by atoms with Crippen LogP contribution < -0.4 is 0 Å². The van der Waals surface area contributed by atoms with Crippen molar-refractivity contribution in [2.45, 2.75) is 39.3 Å². The zero-order valence-corrected chi connectivity index (χ0v) is 13.7. The SMILES string of the molecule is C[Si](C)(C)OCC=C(CO[Si](C)(C)C)C(=O)O. The van der Waals surface area contributed by atoms with E-state index in [1.807, 2.05) is 19.6 Å². The van der Waals surface area contributed by atoms with Crippen LogP contribution in [0, 0.1) is 0 Å². The van der Waals surface area contributed by atoms with Gasteiger partial charge in [-0.3, -0.25) is 0 Å². The van der Waals surface area contributed by atoms with Crippen molar-refractivity contribution in [1.29, 1.82) is 0 Å². The second-order valence-corrected chi connectivity index (χ2v) is 14.9. The molecule has 0 radical (unpaired) electrons. The van der Waals surface area contributed by atoms with E-state index in [0.717, 1.165) is 0 Å². The lowest BCUT2D eigenvalue weighted by molar-refractivity contribution is -0.133. The average Bonchev–Trinajstić information content (AvgIpc) is 2.06. The summed E-state index contributed by atoms with van der Waals surface area (Å²) in [5.41, 5.74) is 0.283. The highest BCUT2D eigenvalue weighted by Gasteiger charge is 2.18. The molecular formula is C11H24O4Si2. The highest BCUT2D eigenvalue weighted by molar-refractivity contribution is 6.70. The minimum Gasteiger partial charge on any atom is -0.478 e. The summed E-state index contributed by atoms with van der Waals surface area (Å²) in [6.07, 6.45) is 1.61. The fourth-order valence-electron chi connectivity index (χ4n) is 0.894. The van der Waals surface area contributed by atoms with Crippen molar-refractivity contribution in [3.8, 4) is 0 Å². The summed E-state index contributed by atoms with van der Waals surface area (Å²) < 4.78 is 11.2. The Labute approximate surface area is 106 Å². The van der Waals surface area contributed by atoms with E-state index in [0.29, 0.717) is 6.61 Å². The topological polar surface area (TPSA) is 55.8 Å². The molecule has 0 aliphatic rings. The van der Waals surface area contributed by atoms with Gasteiger partial charge in [0.1, 0.15) is 0 Å². The van der Waals surface area contributed by atoms with Crippen molar-refractivity contribution in [1.82, 2.24) is 0 Å². The van der Waals surface area contributed by atoms with E-state index in [9.17, 15) is 4.79 Å². The normalized spacial score (nSPS) is 13.9. The molecule has 100 valence electrons. The molecule has 6 heteroatoms. The summed E-state index contributed by atoms with van der Waals surface area (Å²) in [4.78, 5) is 11.0. The number of hydrogen-bond acceptors (Lipinski definition) is 3. The van der Waals surface area contributed by atoms with E-state index < -0.39 is 22.6 Å². The quantitative estimate of drug-likeness (QED) is 0.574. The summed E-state index contributed by atoms with van der Waals surface area (Å²) in [7, 11) is -3.27. The third kappa shape index (κ3) is 10.4. The molecule has 0 saturated heterocycles. The smallest absolute Gasteiger partial charge is 0.333 e. The van der Waals surface area contributed by atoms with Gasteiger partial charge in [0, 0.05) is 0 Å². The predicted octanol–water partition coefficient (Wildman–Crippen LogP) is 2.70. The molecule has 0 heterocycles. The Morgan fingerprint density at radius 2 is 1.53 bits per heavy atom. The Morgan fingerprint density at radius 1 is 1.06 bits per heavy atom. The van der Waals surface area contributed by atoms with Gasteiger partial charge in [-0.1, -0.05) is 0 Å². The molecule has 0 bridgehead atoms. The number of hydrogen-bond donors (Lipinski definition) is 1. The number of carboxylic acid groups (broad SMARTS) is 1. The fourth-order valence-corrected chi connectivity index (χ4v) is 2.07. The molecular weight excluding hydrogens is 252 g/mol. The Morgan fingerprint density at radius 3 is 1.88 bits per heavy atom.